The molecular formula is C18H16BrClN4O2S. The van der Waals surface area contributed by atoms with E-state index in [0.29, 0.717) is 33.8 Å². The summed E-state index contributed by atoms with van der Waals surface area (Å²) in [5, 5.41) is 22.5. The zero-order chi connectivity index (χ0) is 19.4. The summed E-state index contributed by atoms with van der Waals surface area (Å²) in [6.45, 7) is 2.56. The van der Waals surface area contributed by atoms with Crippen LogP contribution in [0.15, 0.2) is 52.1 Å². The Balaban J connectivity index is 1.72. The molecule has 0 aliphatic heterocycles. The van der Waals surface area contributed by atoms with Crippen LogP contribution in [0.1, 0.15) is 6.92 Å². The maximum atomic E-state index is 12.2. The number of carbonyl (C=O) groups is 1. The molecule has 0 spiro atoms. The number of hydrogen-bond donors (Lipinski definition) is 2. The molecule has 1 amide bonds. The highest BCUT2D eigenvalue weighted by Gasteiger charge is 2.17. The van der Waals surface area contributed by atoms with Crippen molar-refractivity contribution in [2.45, 2.75) is 18.6 Å². The lowest BCUT2D eigenvalue weighted by atomic mass is 10.2. The van der Waals surface area contributed by atoms with E-state index in [0.717, 1.165) is 4.47 Å². The molecule has 0 saturated heterocycles. The number of carbonyl (C=O) groups excluding carboxylic acids is 1. The van der Waals surface area contributed by atoms with Crippen molar-refractivity contribution in [3.63, 3.8) is 0 Å². The summed E-state index contributed by atoms with van der Waals surface area (Å²) in [5.41, 5.74) is 1.26. The van der Waals surface area contributed by atoms with Gasteiger partial charge in [-0.25, -0.2) is 0 Å². The first-order chi connectivity index (χ1) is 13.0. The molecule has 1 heterocycles. The summed E-state index contributed by atoms with van der Waals surface area (Å²) in [7, 11) is 0. The van der Waals surface area contributed by atoms with Crippen LogP contribution in [-0.4, -0.2) is 31.5 Å². The fraction of sp³-hybridized carbons (Fsp3) is 0.167. The minimum atomic E-state index is -0.153. The first-order valence-corrected chi connectivity index (χ1v) is 10.2. The Kier molecular flexibility index (Phi) is 6.41. The van der Waals surface area contributed by atoms with Gasteiger partial charge in [0.2, 0.25) is 5.91 Å². The summed E-state index contributed by atoms with van der Waals surface area (Å²) in [6, 6.07) is 12.1. The van der Waals surface area contributed by atoms with Crippen LogP contribution in [0.5, 0.6) is 5.75 Å². The number of anilines is 1. The molecule has 0 aliphatic rings. The Morgan fingerprint density at radius 1 is 1.26 bits per heavy atom. The number of phenols is 1. The monoisotopic (exact) mass is 466 g/mol. The first kappa shape index (κ1) is 19.7. The molecule has 0 radical (unpaired) electrons. The summed E-state index contributed by atoms with van der Waals surface area (Å²) < 4.78 is 2.69. The maximum Gasteiger partial charge on any atom is 0.234 e. The van der Waals surface area contributed by atoms with Crippen LogP contribution < -0.4 is 5.32 Å². The molecular weight excluding hydrogens is 452 g/mol. The molecule has 0 saturated carbocycles. The Labute approximate surface area is 174 Å². The number of rotatable bonds is 6. The van der Waals surface area contributed by atoms with Crippen LogP contribution in [0.3, 0.4) is 0 Å². The molecule has 140 valence electrons. The number of benzene rings is 2. The Morgan fingerprint density at radius 3 is 2.70 bits per heavy atom. The lowest BCUT2D eigenvalue weighted by Gasteiger charge is -2.09. The van der Waals surface area contributed by atoms with E-state index >= 15 is 0 Å². The van der Waals surface area contributed by atoms with Gasteiger partial charge in [-0.2, -0.15) is 0 Å². The van der Waals surface area contributed by atoms with Gasteiger partial charge < -0.3 is 15.0 Å². The van der Waals surface area contributed by atoms with E-state index in [1.807, 2.05) is 11.5 Å². The second kappa shape index (κ2) is 8.77. The first-order valence-electron chi connectivity index (χ1n) is 8.08. The molecule has 2 aromatic carbocycles. The van der Waals surface area contributed by atoms with Crippen molar-refractivity contribution in [2.75, 3.05) is 11.1 Å². The van der Waals surface area contributed by atoms with Crippen LogP contribution in [0, 0.1) is 0 Å². The smallest absolute Gasteiger partial charge is 0.234 e. The quantitative estimate of drug-likeness (QED) is 0.508. The Morgan fingerprint density at radius 2 is 2.00 bits per heavy atom. The molecule has 9 heteroatoms. The number of phenolic OH excluding ortho intramolecular Hbond substituents is 1. The predicted octanol–water partition coefficient (Wildman–Crippen LogP) is 4.82. The number of nitrogens with one attached hydrogen (secondary N) is 1. The standard InChI is InChI=1S/C18H16BrClN4O2S/c1-2-24-17(14-9-11(19)3-8-15(14)25)22-23-18(24)27-10-16(26)21-13-6-4-12(20)5-7-13/h3-9,25H,2,10H2,1H3,(H,21,26). The lowest BCUT2D eigenvalue weighted by molar-refractivity contribution is -0.113. The number of amides is 1. The van der Waals surface area contributed by atoms with E-state index in [9.17, 15) is 9.90 Å². The van der Waals surface area contributed by atoms with Gasteiger partial charge in [0.05, 0.1) is 11.3 Å². The van der Waals surface area contributed by atoms with Gasteiger partial charge in [-0.15, -0.1) is 10.2 Å². The van der Waals surface area contributed by atoms with Gasteiger partial charge in [0, 0.05) is 21.7 Å². The zero-order valence-corrected chi connectivity index (χ0v) is 17.5. The van der Waals surface area contributed by atoms with E-state index < -0.39 is 0 Å². The summed E-state index contributed by atoms with van der Waals surface area (Å²) in [5.74, 6) is 0.708. The molecule has 6 nitrogen and oxygen atoms in total. The number of thioether (sulfide) groups is 1. The topological polar surface area (TPSA) is 80.0 Å². The molecule has 0 aliphatic carbocycles. The summed E-state index contributed by atoms with van der Waals surface area (Å²) in [6.07, 6.45) is 0. The normalized spacial score (nSPS) is 10.8. The number of halogens is 2. The van der Waals surface area contributed by atoms with Gasteiger partial charge in [0.1, 0.15) is 5.75 Å². The highest BCUT2D eigenvalue weighted by atomic mass is 79.9. The number of nitrogens with zero attached hydrogens (tertiary/aromatic N) is 3. The van der Waals surface area contributed by atoms with E-state index in [4.69, 9.17) is 11.6 Å². The molecule has 0 fully saturated rings. The zero-order valence-electron chi connectivity index (χ0n) is 14.3. The molecule has 3 rings (SSSR count). The van der Waals surface area contributed by atoms with Crippen LogP contribution in [0.2, 0.25) is 5.02 Å². The second-order valence-corrected chi connectivity index (χ2v) is 7.85. The van der Waals surface area contributed by atoms with Crippen molar-refractivity contribution in [3.8, 4) is 17.1 Å². The summed E-state index contributed by atoms with van der Waals surface area (Å²) in [4.78, 5) is 12.2. The van der Waals surface area contributed by atoms with Gasteiger partial charge in [-0.1, -0.05) is 39.3 Å². The molecule has 1 aromatic heterocycles. The highest BCUT2D eigenvalue weighted by molar-refractivity contribution is 9.10. The molecule has 0 atom stereocenters. The lowest BCUT2D eigenvalue weighted by Crippen LogP contribution is -2.14. The average molecular weight is 468 g/mol. The minimum absolute atomic E-state index is 0.123. The largest absolute Gasteiger partial charge is 0.507 e. The maximum absolute atomic E-state index is 12.2. The van der Waals surface area contributed by atoms with Gasteiger partial charge in [0.25, 0.3) is 0 Å². The molecule has 0 bridgehead atoms. The third-order valence-corrected chi connectivity index (χ3v) is 5.40. The van der Waals surface area contributed by atoms with Gasteiger partial charge in [0.15, 0.2) is 11.0 Å². The number of hydrogen-bond acceptors (Lipinski definition) is 5. The predicted molar refractivity (Wildman–Crippen MR) is 111 cm³/mol. The molecule has 27 heavy (non-hydrogen) atoms. The van der Waals surface area contributed by atoms with Crippen molar-refractivity contribution in [2.24, 2.45) is 0 Å². The van der Waals surface area contributed by atoms with Crippen LogP contribution in [0.4, 0.5) is 5.69 Å². The van der Waals surface area contributed by atoms with Crippen molar-refractivity contribution in [3.05, 3.63) is 52.0 Å². The van der Waals surface area contributed by atoms with Gasteiger partial charge in [-0.3, -0.25) is 4.79 Å². The molecule has 2 N–H and O–H groups in total. The number of aromatic hydroxyl groups is 1. The van der Waals surface area contributed by atoms with Crippen molar-refractivity contribution in [1.82, 2.24) is 14.8 Å². The number of aromatic nitrogens is 3. The van der Waals surface area contributed by atoms with E-state index in [1.54, 1.807) is 42.5 Å². The SMILES string of the molecule is CCn1c(SCC(=O)Nc2ccc(Cl)cc2)nnc1-c1cc(Br)ccc1O. The van der Waals surface area contributed by atoms with Crippen molar-refractivity contribution < 1.29 is 9.90 Å². The third-order valence-electron chi connectivity index (χ3n) is 3.69. The van der Waals surface area contributed by atoms with Crippen LogP contribution >= 0.6 is 39.3 Å². The van der Waals surface area contributed by atoms with Gasteiger partial charge in [-0.05, 0) is 49.4 Å². The van der Waals surface area contributed by atoms with E-state index in [2.05, 4.69) is 31.4 Å². The van der Waals surface area contributed by atoms with Gasteiger partial charge >= 0.3 is 0 Å². The van der Waals surface area contributed by atoms with Crippen LogP contribution in [-0.2, 0) is 11.3 Å². The van der Waals surface area contributed by atoms with Crippen LogP contribution in [0.25, 0.3) is 11.4 Å². The minimum Gasteiger partial charge on any atom is -0.507 e. The van der Waals surface area contributed by atoms with Crippen molar-refractivity contribution >= 4 is 50.9 Å². The third kappa shape index (κ3) is 4.82. The van der Waals surface area contributed by atoms with E-state index in [1.165, 1.54) is 11.8 Å². The fourth-order valence-electron chi connectivity index (χ4n) is 2.43. The molecule has 3 aromatic rings. The fourth-order valence-corrected chi connectivity index (χ4v) is 3.72. The van der Waals surface area contributed by atoms with E-state index in [-0.39, 0.29) is 17.4 Å². The average Bonchev–Trinajstić information content (AvgIpc) is 3.06. The summed E-state index contributed by atoms with van der Waals surface area (Å²) >= 11 is 10.5. The Bertz CT molecular complexity index is 962. The Hall–Kier alpha value is -2.03. The second-order valence-electron chi connectivity index (χ2n) is 5.56. The highest BCUT2D eigenvalue weighted by Crippen LogP contribution is 2.32. The van der Waals surface area contributed by atoms with Crippen molar-refractivity contribution in [1.29, 1.82) is 0 Å². The molecule has 0 unspecified atom stereocenters.